The van der Waals surface area contributed by atoms with Crippen LogP contribution in [0.25, 0.3) is 0 Å². The Morgan fingerprint density at radius 3 is 0.385 bits per heavy atom. The van der Waals surface area contributed by atoms with E-state index in [4.69, 9.17) is 37.9 Å². The number of ether oxygens (including phenoxy) is 8. The molecule has 0 amide bonds. The molecule has 0 aromatic heterocycles. The first kappa shape index (κ1) is 78.7. The van der Waals surface area contributed by atoms with E-state index in [9.17, 15) is 0 Å². The van der Waals surface area contributed by atoms with Crippen LogP contribution in [0.1, 0.15) is 312 Å². The van der Waals surface area contributed by atoms with E-state index in [0.29, 0.717) is 38.5 Å². The van der Waals surface area contributed by atoms with Gasteiger partial charge in [0.2, 0.25) is 0 Å². The molecule has 2 aliphatic carbocycles. The lowest BCUT2D eigenvalue weighted by Crippen LogP contribution is -2.24. The monoisotopic (exact) mass is 1410 g/mol. The van der Waals surface area contributed by atoms with Crippen LogP contribution < -0.4 is 37.9 Å². The maximum absolute atomic E-state index is 7.37. The number of methoxy groups -OCH3 is 8. The molecule has 0 fully saturated rings. The van der Waals surface area contributed by atoms with Crippen LogP contribution in [0.2, 0.25) is 0 Å². The molecule has 8 nitrogen and oxygen atoms in total. The van der Waals surface area contributed by atoms with Crippen LogP contribution in [-0.2, 0) is 81.8 Å². The van der Waals surface area contributed by atoms with Gasteiger partial charge in [-0.15, -0.1) is 0 Å². The Balaban J connectivity index is 1.55. The van der Waals surface area contributed by atoms with E-state index >= 15 is 0 Å². The number of fused-ring (bicyclic) bond motifs is 16. The smallest absolute Gasteiger partial charge is 0.126 e. The Labute approximate surface area is 627 Å². The van der Waals surface area contributed by atoms with Crippen LogP contribution in [-0.4, -0.2) is 56.9 Å². The van der Waals surface area contributed by atoms with Crippen molar-refractivity contribution < 1.29 is 37.9 Å². The molecule has 0 spiro atoms. The molecule has 0 N–H and O–H groups in total. The van der Waals surface area contributed by atoms with Crippen molar-refractivity contribution in [3.63, 3.8) is 0 Å². The van der Waals surface area contributed by atoms with Gasteiger partial charge in [0.05, 0.1) is 56.9 Å². The fourth-order valence-electron chi connectivity index (χ4n) is 16.2. The third kappa shape index (κ3) is 15.7. The molecule has 0 unspecified atom stereocenters. The molecule has 10 rings (SSSR count). The van der Waals surface area contributed by atoms with Crippen LogP contribution in [0, 0.1) is 0 Å². The Morgan fingerprint density at radius 1 is 0.173 bits per heavy atom. The lowest BCUT2D eigenvalue weighted by atomic mass is 9.67. The molecule has 558 valence electrons. The number of benzene rings is 8. The van der Waals surface area contributed by atoms with Gasteiger partial charge in [-0.2, -0.15) is 0 Å². The van der Waals surface area contributed by atoms with Crippen molar-refractivity contribution in [2.45, 2.75) is 260 Å². The summed E-state index contributed by atoms with van der Waals surface area (Å²) in [4.78, 5) is 0. The van der Waals surface area contributed by atoms with E-state index in [1.807, 2.05) is 56.9 Å². The van der Waals surface area contributed by atoms with E-state index in [2.05, 4.69) is 263 Å². The molecule has 0 radical (unpaired) electrons. The van der Waals surface area contributed by atoms with Crippen LogP contribution in [0.3, 0.4) is 0 Å². The zero-order valence-corrected chi connectivity index (χ0v) is 69.9. The van der Waals surface area contributed by atoms with Gasteiger partial charge in [0.25, 0.3) is 0 Å². The van der Waals surface area contributed by atoms with Gasteiger partial charge in [-0.3, -0.25) is 0 Å². The van der Waals surface area contributed by atoms with E-state index in [-0.39, 0.29) is 43.3 Å². The molecule has 0 atom stereocenters. The lowest BCUT2D eigenvalue weighted by molar-refractivity contribution is 0.378. The SMILES string of the molecule is COc1c2cc(C(C)(C)C)cc1Cc1cc(C(C)(C)C)cc(c1OC)C(C1c3cc(C(C)(C)C)cc(c3OC)Cc3cc(C(C)(C)C)cc(c3OC)Cc3cc(C(C)(C)C)cc(c3OC)Cc3cc(C(C)(C)C)cc1c3OC)c1cc(C(C)(C)C)cc(c1OC)Cc1cc(C(C)(C)C)cc(c1OC)C2. The molecule has 0 heterocycles. The highest BCUT2D eigenvalue weighted by molar-refractivity contribution is 5.68. The predicted octanol–water partition coefficient (Wildman–Crippen LogP) is 23.3. The van der Waals surface area contributed by atoms with Gasteiger partial charge in [-0.25, -0.2) is 0 Å². The summed E-state index contributed by atoms with van der Waals surface area (Å²) in [6.07, 6.45) is 3.17. The van der Waals surface area contributed by atoms with E-state index in [1.54, 1.807) is 0 Å². The molecule has 16 bridgehead atoms. The Kier molecular flexibility index (Phi) is 21.6. The molecular formula is C96H126O8. The standard InChI is InChI=1S/C96H126O8/c1-89(2,3)67-39-55-33-56-40-68(90(4,5)6)44-60(82(56)98-26)36-64-48-72(94(16,17)18)52-76(86(64)102-30)79(75-51-71(93(13,14)15)47-63(85(75)101-29)35-59(43-67)81(55)97-25)80-77-53-73(95(19,20)21)49-65(87(77)103-31)37-61-45-69(91(7,8)9)41-57(83(61)99-27)34-58-42-70(92(10,11)12)46-62(84(58)100-28)38-66-50-74(96(22,23)24)54-78(80)88(66)104-32/h39-54,79-80H,33-38H2,1-32H3. The van der Waals surface area contributed by atoms with E-state index < -0.39 is 11.8 Å². The average Bonchev–Trinajstić information content (AvgIpc) is 0.724. The summed E-state index contributed by atoms with van der Waals surface area (Å²) >= 11 is 0. The summed E-state index contributed by atoms with van der Waals surface area (Å²) in [7, 11) is 14.9. The molecule has 8 heteroatoms. The average molecular weight is 1410 g/mol. The second-order valence-corrected chi connectivity index (χ2v) is 38.4. The van der Waals surface area contributed by atoms with Gasteiger partial charge >= 0.3 is 0 Å². The van der Waals surface area contributed by atoms with Crippen molar-refractivity contribution >= 4 is 0 Å². The summed E-state index contributed by atoms with van der Waals surface area (Å²) in [5.74, 6) is 5.38. The molecule has 8 aromatic carbocycles. The van der Waals surface area contributed by atoms with Gasteiger partial charge in [0.1, 0.15) is 46.0 Å². The number of rotatable bonds is 9. The number of hydrogen-bond acceptors (Lipinski definition) is 8. The second-order valence-electron chi connectivity index (χ2n) is 38.4. The fourth-order valence-corrected chi connectivity index (χ4v) is 16.2. The molecule has 0 aliphatic heterocycles. The van der Waals surface area contributed by atoms with E-state index in [1.165, 1.54) is 44.5 Å². The maximum atomic E-state index is 7.37. The minimum atomic E-state index is -0.616. The topological polar surface area (TPSA) is 73.8 Å². The first-order chi connectivity index (χ1) is 48.2. The Morgan fingerprint density at radius 2 is 0.279 bits per heavy atom. The van der Waals surface area contributed by atoms with Crippen molar-refractivity contribution in [2.24, 2.45) is 0 Å². The first-order valence-corrected chi connectivity index (χ1v) is 37.9. The van der Waals surface area contributed by atoms with E-state index in [0.717, 1.165) is 135 Å². The summed E-state index contributed by atoms with van der Waals surface area (Å²) in [5.41, 5.74) is 24.2. The molecule has 0 saturated carbocycles. The molecular weight excluding hydrogens is 1280 g/mol. The third-order valence-electron chi connectivity index (χ3n) is 22.3. The van der Waals surface area contributed by atoms with Gasteiger partial charge < -0.3 is 37.9 Å². The predicted molar refractivity (Wildman–Crippen MR) is 434 cm³/mol. The Hall–Kier alpha value is -7.84. The highest BCUT2D eigenvalue weighted by Gasteiger charge is 2.43. The minimum Gasteiger partial charge on any atom is -0.496 e. The van der Waals surface area contributed by atoms with Crippen molar-refractivity contribution in [3.8, 4) is 46.0 Å². The quantitative estimate of drug-likeness (QED) is 0.142. The minimum absolute atomic E-state index is 0.217. The van der Waals surface area contributed by atoms with Crippen molar-refractivity contribution in [3.05, 3.63) is 231 Å². The van der Waals surface area contributed by atoms with Gasteiger partial charge in [0.15, 0.2) is 0 Å². The second kappa shape index (κ2) is 28.5. The van der Waals surface area contributed by atoms with Gasteiger partial charge in [-0.1, -0.05) is 263 Å². The lowest BCUT2D eigenvalue weighted by Gasteiger charge is -2.38. The van der Waals surface area contributed by atoms with Gasteiger partial charge in [0, 0.05) is 72.6 Å². The van der Waals surface area contributed by atoms with Crippen LogP contribution >= 0.6 is 0 Å². The third-order valence-corrected chi connectivity index (χ3v) is 22.3. The molecule has 0 saturated heterocycles. The van der Waals surface area contributed by atoms with Crippen molar-refractivity contribution in [1.82, 2.24) is 0 Å². The first-order valence-electron chi connectivity index (χ1n) is 37.9. The summed E-state index contributed by atoms with van der Waals surface area (Å²) in [5, 5.41) is 0. The summed E-state index contributed by atoms with van der Waals surface area (Å²) < 4.78 is 56.8. The highest BCUT2D eigenvalue weighted by atomic mass is 16.5. The zero-order valence-electron chi connectivity index (χ0n) is 69.9. The summed E-state index contributed by atoms with van der Waals surface area (Å²) in [6.45, 7) is 55.9. The number of hydrogen-bond donors (Lipinski definition) is 0. The van der Waals surface area contributed by atoms with Crippen molar-refractivity contribution in [1.29, 1.82) is 0 Å². The summed E-state index contributed by atoms with van der Waals surface area (Å²) in [6, 6.07) is 38.7. The highest BCUT2D eigenvalue weighted by Crippen LogP contribution is 2.58. The zero-order chi connectivity index (χ0) is 76.8. The Bertz CT molecular complexity index is 3980. The largest absolute Gasteiger partial charge is 0.496 e. The van der Waals surface area contributed by atoms with Crippen LogP contribution in [0.4, 0.5) is 0 Å². The fraction of sp³-hybridized carbons (Fsp3) is 0.500. The van der Waals surface area contributed by atoms with Crippen molar-refractivity contribution in [2.75, 3.05) is 56.9 Å². The molecule has 104 heavy (non-hydrogen) atoms. The normalized spacial score (nSPS) is 14.4. The molecule has 2 aliphatic rings. The van der Waals surface area contributed by atoms with Gasteiger partial charge in [-0.05, 0) is 155 Å². The molecule has 8 aromatic rings. The van der Waals surface area contributed by atoms with Crippen LogP contribution in [0.5, 0.6) is 46.0 Å². The van der Waals surface area contributed by atoms with Crippen LogP contribution in [0.15, 0.2) is 97.1 Å². The maximum Gasteiger partial charge on any atom is 0.126 e.